The molecule has 0 saturated heterocycles. The molecule has 7 heteroatoms. The van der Waals surface area contributed by atoms with E-state index in [0.717, 1.165) is 5.69 Å². The molecule has 1 heterocycles. The number of sulfone groups is 1. The second-order valence-corrected chi connectivity index (χ2v) is 7.81. The Morgan fingerprint density at radius 3 is 2.59 bits per heavy atom. The van der Waals surface area contributed by atoms with Crippen LogP contribution in [0.5, 0.6) is 0 Å². The summed E-state index contributed by atoms with van der Waals surface area (Å²) in [6.07, 6.45) is 2.40. The average Bonchev–Trinajstić information content (AvgIpc) is 2.62. The van der Waals surface area contributed by atoms with Crippen LogP contribution in [0.3, 0.4) is 0 Å². The van der Waals surface area contributed by atoms with E-state index in [-0.39, 0.29) is 5.75 Å². The first kappa shape index (κ1) is 14.1. The lowest BCUT2D eigenvalue weighted by atomic mass is 10.3. The molecular weight excluding hydrogens is 240 g/mol. The van der Waals surface area contributed by atoms with Gasteiger partial charge in [0, 0.05) is 12.6 Å². The van der Waals surface area contributed by atoms with E-state index in [0.29, 0.717) is 19.5 Å². The molecular formula is C10H20N4O2S. The molecule has 0 aromatic carbocycles. The zero-order valence-corrected chi connectivity index (χ0v) is 11.4. The Balaban J connectivity index is 2.62. The molecule has 0 saturated carbocycles. The summed E-state index contributed by atoms with van der Waals surface area (Å²) in [4.78, 5) is 0. The van der Waals surface area contributed by atoms with Gasteiger partial charge in [-0.05, 0) is 27.3 Å². The quantitative estimate of drug-likeness (QED) is 0.804. The molecule has 0 radical (unpaired) electrons. The first-order valence-electron chi connectivity index (χ1n) is 5.57. The van der Waals surface area contributed by atoms with E-state index < -0.39 is 14.6 Å². The van der Waals surface area contributed by atoms with Crippen LogP contribution in [-0.2, 0) is 22.8 Å². The molecule has 2 N–H and O–H groups in total. The van der Waals surface area contributed by atoms with Crippen LogP contribution in [0.4, 0.5) is 0 Å². The van der Waals surface area contributed by atoms with Crippen LogP contribution < -0.4 is 5.73 Å². The zero-order chi connectivity index (χ0) is 13.1. The molecule has 17 heavy (non-hydrogen) atoms. The van der Waals surface area contributed by atoms with Gasteiger partial charge in [-0.3, -0.25) is 4.68 Å². The van der Waals surface area contributed by atoms with Gasteiger partial charge in [0.05, 0.1) is 22.7 Å². The summed E-state index contributed by atoms with van der Waals surface area (Å²) in [5.41, 5.74) is 6.19. The van der Waals surface area contributed by atoms with Gasteiger partial charge in [0.25, 0.3) is 0 Å². The Morgan fingerprint density at radius 1 is 1.41 bits per heavy atom. The van der Waals surface area contributed by atoms with Crippen molar-refractivity contribution in [3.05, 3.63) is 11.9 Å². The monoisotopic (exact) mass is 260 g/mol. The second-order valence-electron chi connectivity index (χ2n) is 4.94. The molecule has 98 valence electrons. The number of hydrogen-bond acceptors (Lipinski definition) is 5. The van der Waals surface area contributed by atoms with Crippen LogP contribution in [0, 0.1) is 0 Å². The standard InChI is InChI=1S/C10H20N4O2S/c1-10(2,3)17(15,16)7-6-14-8-9(4-5-11)12-13-14/h8H,4-7,11H2,1-3H3. The third-order valence-electron chi connectivity index (χ3n) is 2.51. The maximum atomic E-state index is 11.9. The van der Waals surface area contributed by atoms with Crippen LogP contribution in [-0.4, -0.2) is 40.5 Å². The summed E-state index contributed by atoms with van der Waals surface area (Å²) >= 11 is 0. The van der Waals surface area contributed by atoms with Crippen LogP contribution in [0.1, 0.15) is 26.5 Å². The maximum Gasteiger partial charge on any atom is 0.157 e. The Bertz CT molecular complexity index is 459. The summed E-state index contributed by atoms with van der Waals surface area (Å²) in [5.74, 6) is 0.0714. The smallest absolute Gasteiger partial charge is 0.157 e. The highest BCUT2D eigenvalue weighted by atomic mass is 32.2. The topological polar surface area (TPSA) is 90.9 Å². The fraction of sp³-hybridized carbons (Fsp3) is 0.800. The van der Waals surface area contributed by atoms with Gasteiger partial charge in [0.1, 0.15) is 0 Å². The summed E-state index contributed by atoms with van der Waals surface area (Å²) in [6, 6.07) is 0. The van der Waals surface area contributed by atoms with Gasteiger partial charge in [-0.15, -0.1) is 5.10 Å². The Hall–Kier alpha value is -0.950. The van der Waals surface area contributed by atoms with E-state index in [9.17, 15) is 8.42 Å². The third-order valence-corrected chi connectivity index (χ3v) is 5.09. The molecule has 1 rings (SSSR count). The van der Waals surface area contributed by atoms with E-state index in [1.54, 1.807) is 31.6 Å². The molecule has 0 atom stereocenters. The number of nitrogens with zero attached hydrogens (tertiary/aromatic N) is 3. The van der Waals surface area contributed by atoms with Crippen LogP contribution in [0.15, 0.2) is 6.20 Å². The molecule has 0 spiro atoms. The SMILES string of the molecule is CC(C)(C)S(=O)(=O)CCn1cc(CCN)nn1. The van der Waals surface area contributed by atoms with E-state index in [1.165, 1.54) is 0 Å². The summed E-state index contributed by atoms with van der Waals surface area (Å²) in [5, 5.41) is 7.77. The van der Waals surface area contributed by atoms with E-state index in [4.69, 9.17) is 5.73 Å². The van der Waals surface area contributed by atoms with Crippen molar-refractivity contribution in [1.82, 2.24) is 15.0 Å². The summed E-state index contributed by atoms with van der Waals surface area (Å²) in [6.45, 7) is 5.94. The minimum atomic E-state index is -3.11. The van der Waals surface area contributed by atoms with Crippen LogP contribution >= 0.6 is 0 Å². The minimum absolute atomic E-state index is 0.0714. The van der Waals surface area contributed by atoms with Gasteiger partial charge < -0.3 is 5.73 Å². The number of aromatic nitrogens is 3. The van der Waals surface area contributed by atoms with Crippen LogP contribution in [0.25, 0.3) is 0 Å². The van der Waals surface area contributed by atoms with Crippen molar-refractivity contribution in [3.63, 3.8) is 0 Å². The highest BCUT2D eigenvalue weighted by Gasteiger charge is 2.28. The lowest BCUT2D eigenvalue weighted by Crippen LogP contribution is -2.32. The highest BCUT2D eigenvalue weighted by Crippen LogP contribution is 2.16. The van der Waals surface area contributed by atoms with Gasteiger partial charge >= 0.3 is 0 Å². The number of aryl methyl sites for hydroxylation is 1. The van der Waals surface area contributed by atoms with Crippen molar-refractivity contribution in [1.29, 1.82) is 0 Å². The van der Waals surface area contributed by atoms with Crippen molar-refractivity contribution < 1.29 is 8.42 Å². The van der Waals surface area contributed by atoms with Crippen LogP contribution in [0.2, 0.25) is 0 Å². The number of rotatable bonds is 5. The van der Waals surface area contributed by atoms with Crippen molar-refractivity contribution >= 4 is 9.84 Å². The highest BCUT2D eigenvalue weighted by molar-refractivity contribution is 7.92. The van der Waals surface area contributed by atoms with Crippen molar-refractivity contribution in [2.75, 3.05) is 12.3 Å². The fourth-order valence-corrected chi connectivity index (χ4v) is 2.27. The van der Waals surface area contributed by atoms with Crippen molar-refractivity contribution in [2.45, 2.75) is 38.5 Å². The first-order chi connectivity index (χ1) is 7.76. The Morgan fingerprint density at radius 2 is 2.06 bits per heavy atom. The second kappa shape index (κ2) is 5.14. The molecule has 6 nitrogen and oxygen atoms in total. The Labute approximate surface area is 102 Å². The molecule has 1 aromatic heterocycles. The van der Waals surface area contributed by atoms with Crippen molar-refractivity contribution in [3.8, 4) is 0 Å². The minimum Gasteiger partial charge on any atom is -0.330 e. The zero-order valence-electron chi connectivity index (χ0n) is 10.5. The molecule has 0 bridgehead atoms. The van der Waals surface area contributed by atoms with Gasteiger partial charge in [-0.25, -0.2) is 8.42 Å². The fourth-order valence-electron chi connectivity index (χ4n) is 1.23. The molecule has 1 aromatic rings. The number of hydrogen-bond donors (Lipinski definition) is 1. The third kappa shape index (κ3) is 3.78. The lowest BCUT2D eigenvalue weighted by Gasteiger charge is -2.18. The average molecular weight is 260 g/mol. The molecule has 0 unspecified atom stereocenters. The first-order valence-corrected chi connectivity index (χ1v) is 7.23. The van der Waals surface area contributed by atoms with E-state index >= 15 is 0 Å². The van der Waals surface area contributed by atoms with E-state index in [2.05, 4.69) is 10.3 Å². The van der Waals surface area contributed by atoms with Gasteiger partial charge in [-0.2, -0.15) is 0 Å². The predicted octanol–water partition coefficient (Wildman–Crippen LogP) is -0.00740. The predicted molar refractivity (Wildman–Crippen MR) is 66.3 cm³/mol. The largest absolute Gasteiger partial charge is 0.330 e. The summed E-state index contributed by atoms with van der Waals surface area (Å²) < 4.78 is 24.6. The number of nitrogens with two attached hydrogens (primary N) is 1. The Kier molecular flexibility index (Phi) is 4.26. The van der Waals surface area contributed by atoms with Crippen molar-refractivity contribution in [2.24, 2.45) is 5.73 Å². The molecule has 0 fully saturated rings. The van der Waals surface area contributed by atoms with E-state index in [1.807, 2.05) is 0 Å². The molecule has 0 aliphatic rings. The molecule has 0 aliphatic carbocycles. The molecule has 0 aliphatic heterocycles. The van der Waals surface area contributed by atoms with Gasteiger partial charge in [-0.1, -0.05) is 5.21 Å². The molecule has 0 amide bonds. The normalized spacial score (nSPS) is 12.9. The van der Waals surface area contributed by atoms with Gasteiger partial charge in [0.15, 0.2) is 9.84 Å². The van der Waals surface area contributed by atoms with Gasteiger partial charge in [0.2, 0.25) is 0 Å². The maximum absolute atomic E-state index is 11.9. The summed E-state index contributed by atoms with van der Waals surface area (Å²) in [7, 11) is -3.11. The lowest BCUT2D eigenvalue weighted by molar-refractivity contribution is 0.545.